The number of benzene rings is 1. The summed E-state index contributed by atoms with van der Waals surface area (Å²) >= 11 is 1.21. The van der Waals surface area contributed by atoms with Gasteiger partial charge in [0.05, 0.1) is 16.7 Å². The molecule has 0 saturated carbocycles. The Bertz CT molecular complexity index is 604. The third-order valence-corrected chi connectivity index (χ3v) is 4.65. The van der Waals surface area contributed by atoms with Gasteiger partial charge in [0.2, 0.25) is 5.91 Å². The molecule has 0 aliphatic heterocycles. The normalized spacial score (nSPS) is 13.3. The number of nitrogens with two attached hydrogens (primary N) is 1. The van der Waals surface area contributed by atoms with Crippen molar-refractivity contribution in [2.75, 3.05) is 6.54 Å². The molecule has 4 N–H and O–H groups in total. The number of rotatable bonds is 9. The second kappa shape index (κ2) is 9.32. The molecule has 0 bridgehead atoms. The lowest BCUT2D eigenvalue weighted by atomic mass is 9.97. The Labute approximate surface area is 146 Å². The Kier molecular flexibility index (Phi) is 7.78. The minimum atomic E-state index is -0.922. The van der Waals surface area contributed by atoms with Gasteiger partial charge in [-0.3, -0.25) is 14.4 Å². The smallest absolute Gasteiger partial charge is 0.308 e. The molecule has 2 atom stereocenters. The third kappa shape index (κ3) is 6.23. The number of hydrogen-bond donors (Lipinski definition) is 3. The largest absolute Gasteiger partial charge is 0.481 e. The van der Waals surface area contributed by atoms with E-state index in [1.54, 1.807) is 31.2 Å². The SMILES string of the molecule is CC(C)CC(CNC(=O)c1ccccc1SC(C)C(N)=O)C(=O)O. The number of carboxylic acids is 1. The van der Waals surface area contributed by atoms with Crippen molar-refractivity contribution in [2.24, 2.45) is 17.6 Å². The van der Waals surface area contributed by atoms with Gasteiger partial charge in [-0.25, -0.2) is 0 Å². The molecule has 2 amide bonds. The van der Waals surface area contributed by atoms with Crippen molar-refractivity contribution in [3.05, 3.63) is 29.8 Å². The molecule has 0 heterocycles. The standard InChI is InChI=1S/C17H24N2O4S/c1-10(2)8-12(17(22)23)9-19-16(21)13-6-4-5-7-14(13)24-11(3)15(18)20/h4-7,10-12H,8-9H2,1-3H3,(H2,18,20)(H,19,21)(H,22,23). The monoisotopic (exact) mass is 352 g/mol. The van der Waals surface area contributed by atoms with Crippen LogP contribution in [0.5, 0.6) is 0 Å². The first-order valence-electron chi connectivity index (χ1n) is 7.78. The average molecular weight is 352 g/mol. The Hall–Kier alpha value is -2.02. The maximum absolute atomic E-state index is 12.4. The van der Waals surface area contributed by atoms with Crippen LogP contribution >= 0.6 is 11.8 Å². The van der Waals surface area contributed by atoms with Gasteiger partial charge < -0.3 is 16.2 Å². The van der Waals surface area contributed by atoms with E-state index in [0.717, 1.165) is 0 Å². The molecule has 0 fully saturated rings. The van der Waals surface area contributed by atoms with E-state index in [2.05, 4.69) is 5.32 Å². The number of amides is 2. The summed E-state index contributed by atoms with van der Waals surface area (Å²) < 4.78 is 0. The van der Waals surface area contributed by atoms with E-state index >= 15 is 0 Å². The fourth-order valence-corrected chi connectivity index (χ4v) is 3.10. The van der Waals surface area contributed by atoms with Gasteiger partial charge in [0.25, 0.3) is 5.91 Å². The van der Waals surface area contributed by atoms with E-state index in [1.165, 1.54) is 11.8 Å². The molecule has 0 spiro atoms. The van der Waals surface area contributed by atoms with Gasteiger partial charge in [-0.1, -0.05) is 26.0 Å². The predicted molar refractivity (Wildman–Crippen MR) is 93.9 cm³/mol. The molecular weight excluding hydrogens is 328 g/mol. The van der Waals surface area contributed by atoms with Crippen molar-refractivity contribution < 1.29 is 19.5 Å². The number of carbonyl (C=O) groups is 3. The van der Waals surface area contributed by atoms with Crippen LogP contribution in [0.15, 0.2) is 29.2 Å². The quantitative estimate of drug-likeness (QED) is 0.590. The predicted octanol–water partition coefficient (Wildman–Crippen LogP) is 2.13. The van der Waals surface area contributed by atoms with Crippen LogP contribution in [-0.2, 0) is 9.59 Å². The zero-order valence-electron chi connectivity index (χ0n) is 14.1. The van der Waals surface area contributed by atoms with Crippen molar-refractivity contribution in [3.63, 3.8) is 0 Å². The maximum atomic E-state index is 12.4. The Balaban J connectivity index is 2.80. The Morgan fingerprint density at radius 1 is 1.21 bits per heavy atom. The third-order valence-electron chi connectivity index (χ3n) is 3.45. The van der Waals surface area contributed by atoms with Crippen molar-refractivity contribution in [3.8, 4) is 0 Å². The molecule has 6 nitrogen and oxygen atoms in total. The van der Waals surface area contributed by atoms with Gasteiger partial charge in [-0.2, -0.15) is 0 Å². The number of hydrogen-bond acceptors (Lipinski definition) is 4. The van der Waals surface area contributed by atoms with E-state index in [1.807, 2.05) is 13.8 Å². The van der Waals surface area contributed by atoms with Gasteiger partial charge >= 0.3 is 5.97 Å². The first-order chi connectivity index (χ1) is 11.2. The molecule has 0 aromatic heterocycles. The number of aliphatic carboxylic acids is 1. The fourth-order valence-electron chi connectivity index (χ4n) is 2.16. The molecule has 2 unspecified atom stereocenters. The molecule has 1 rings (SSSR count). The molecule has 0 aliphatic rings. The molecule has 0 aliphatic carbocycles. The zero-order valence-corrected chi connectivity index (χ0v) is 14.9. The molecule has 1 aromatic rings. The number of primary amides is 1. The molecular formula is C17H24N2O4S. The second-order valence-electron chi connectivity index (χ2n) is 6.03. The summed E-state index contributed by atoms with van der Waals surface area (Å²) in [6.45, 7) is 5.62. The van der Waals surface area contributed by atoms with Crippen LogP contribution in [0.1, 0.15) is 37.6 Å². The lowest BCUT2D eigenvalue weighted by Crippen LogP contribution is -2.34. The summed E-state index contributed by atoms with van der Waals surface area (Å²) in [5.74, 6) is -2.14. The molecule has 7 heteroatoms. The van der Waals surface area contributed by atoms with Crippen LogP contribution in [0, 0.1) is 11.8 Å². The Morgan fingerprint density at radius 3 is 2.38 bits per heavy atom. The van der Waals surface area contributed by atoms with Crippen LogP contribution in [0.4, 0.5) is 0 Å². The highest BCUT2D eigenvalue weighted by atomic mass is 32.2. The highest BCUT2D eigenvalue weighted by molar-refractivity contribution is 8.00. The van der Waals surface area contributed by atoms with Gasteiger partial charge in [0.15, 0.2) is 0 Å². The second-order valence-corrected chi connectivity index (χ2v) is 7.42. The van der Waals surface area contributed by atoms with Crippen molar-refractivity contribution in [2.45, 2.75) is 37.3 Å². The zero-order chi connectivity index (χ0) is 18.3. The summed E-state index contributed by atoms with van der Waals surface area (Å²) in [6.07, 6.45) is 0.491. The minimum absolute atomic E-state index is 0.0662. The molecule has 24 heavy (non-hydrogen) atoms. The summed E-state index contributed by atoms with van der Waals surface area (Å²) in [5.41, 5.74) is 5.67. The topological polar surface area (TPSA) is 109 Å². The lowest BCUT2D eigenvalue weighted by Gasteiger charge is -2.16. The van der Waals surface area contributed by atoms with E-state index in [9.17, 15) is 19.5 Å². The van der Waals surface area contributed by atoms with Crippen LogP contribution in [0.25, 0.3) is 0 Å². The fraction of sp³-hybridized carbons (Fsp3) is 0.471. The minimum Gasteiger partial charge on any atom is -0.481 e. The molecule has 1 aromatic carbocycles. The van der Waals surface area contributed by atoms with Crippen molar-refractivity contribution in [1.82, 2.24) is 5.32 Å². The first kappa shape index (κ1) is 20.0. The van der Waals surface area contributed by atoms with E-state index in [4.69, 9.17) is 5.73 Å². The van der Waals surface area contributed by atoms with E-state index in [-0.39, 0.29) is 18.4 Å². The molecule has 0 radical (unpaired) electrons. The van der Waals surface area contributed by atoms with Gasteiger partial charge in [0.1, 0.15) is 0 Å². The summed E-state index contributed by atoms with van der Waals surface area (Å²) in [5, 5.41) is 11.4. The summed E-state index contributed by atoms with van der Waals surface area (Å²) in [7, 11) is 0. The van der Waals surface area contributed by atoms with Crippen LogP contribution < -0.4 is 11.1 Å². The average Bonchev–Trinajstić information content (AvgIpc) is 2.50. The molecule has 0 saturated heterocycles. The van der Waals surface area contributed by atoms with E-state index < -0.39 is 23.0 Å². The first-order valence-corrected chi connectivity index (χ1v) is 8.66. The number of carbonyl (C=O) groups excluding carboxylic acids is 2. The van der Waals surface area contributed by atoms with Gasteiger partial charge in [-0.15, -0.1) is 11.8 Å². The van der Waals surface area contributed by atoms with Crippen LogP contribution in [0.3, 0.4) is 0 Å². The highest BCUT2D eigenvalue weighted by Gasteiger charge is 2.21. The number of thioether (sulfide) groups is 1. The van der Waals surface area contributed by atoms with E-state index in [0.29, 0.717) is 16.9 Å². The summed E-state index contributed by atoms with van der Waals surface area (Å²) in [6, 6.07) is 6.87. The highest BCUT2D eigenvalue weighted by Crippen LogP contribution is 2.26. The van der Waals surface area contributed by atoms with Gasteiger partial charge in [0, 0.05) is 11.4 Å². The molecule has 132 valence electrons. The van der Waals surface area contributed by atoms with Crippen LogP contribution in [0.2, 0.25) is 0 Å². The number of nitrogens with one attached hydrogen (secondary N) is 1. The Morgan fingerprint density at radius 2 is 1.83 bits per heavy atom. The number of carboxylic acid groups (broad SMARTS) is 1. The maximum Gasteiger partial charge on any atom is 0.308 e. The van der Waals surface area contributed by atoms with Crippen LogP contribution in [-0.4, -0.2) is 34.7 Å². The summed E-state index contributed by atoms with van der Waals surface area (Å²) in [4.78, 5) is 35.5. The van der Waals surface area contributed by atoms with Crippen molar-refractivity contribution >= 4 is 29.5 Å². The van der Waals surface area contributed by atoms with Crippen molar-refractivity contribution in [1.29, 1.82) is 0 Å². The lowest BCUT2D eigenvalue weighted by molar-refractivity contribution is -0.142. The van der Waals surface area contributed by atoms with Gasteiger partial charge in [-0.05, 0) is 31.4 Å².